The van der Waals surface area contributed by atoms with Gasteiger partial charge in [-0.1, -0.05) is 38.1 Å². The van der Waals surface area contributed by atoms with E-state index >= 15 is 0 Å². The first kappa shape index (κ1) is 14.5. The number of aryl methyl sites for hydroxylation is 1. The zero-order valence-electron chi connectivity index (χ0n) is 12.4. The van der Waals surface area contributed by atoms with Crippen molar-refractivity contribution in [2.45, 2.75) is 26.3 Å². The second-order valence-electron chi connectivity index (χ2n) is 4.63. The molecular formula is C17H22N2O. The monoisotopic (exact) mass is 270 g/mol. The molecule has 1 unspecified atom stereocenters. The maximum atomic E-state index is 5.47. The highest BCUT2D eigenvalue weighted by atomic mass is 16.5. The van der Waals surface area contributed by atoms with E-state index in [0.29, 0.717) is 0 Å². The van der Waals surface area contributed by atoms with Gasteiger partial charge in [0.1, 0.15) is 11.4 Å². The van der Waals surface area contributed by atoms with Gasteiger partial charge < -0.3 is 10.1 Å². The van der Waals surface area contributed by atoms with Crippen LogP contribution in [-0.4, -0.2) is 18.6 Å². The summed E-state index contributed by atoms with van der Waals surface area (Å²) >= 11 is 0. The molecule has 0 aliphatic rings. The Hall–Kier alpha value is -1.87. The predicted molar refractivity (Wildman–Crippen MR) is 82.1 cm³/mol. The minimum absolute atomic E-state index is 0.0623. The SMILES string of the molecule is CCNC(c1ccccc1CC)c1ncccc1OC. The maximum Gasteiger partial charge on any atom is 0.142 e. The Morgan fingerprint density at radius 2 is 1.95 bits per heavy atom. The number of benzene rings is 1. The molecule has 3 heteroatoms. The molecule has 1 atom stereocenters. The number of ether oxygens (including phenoxy) is 1. The number of hydrogen-bond donors (Lipinski definition) is 1. The normalized spacial score (nSPS) is 12.2. The Kier molecular flexibility index (Phi) is 5.13. The third kappa shape index (κ3) is 2.99. The topological polar surface area (TPSA) is 34.2 Å². The van der Waals surface area contributed by atoms with Gasteiger partial charge >= 0.3 is 0 Å². The lowest BCUT2D eigenvalue weighted by Crippen LogP contribution is -2.24. The second-order valence-corrected chi connectivity index (χ2v) is 4.63. The Morgan fingerprint density at radius 1 is 1.15 bits per heavy atom. The molecule has 1 N–H and O–H groups in total. The largest absolute Gasteiger partial charge is 0.495 e. The Morgan fingerprint density at radius 3 is 2.65 bits per heavy atom. The van der Waals surface area contributed by atoms with Gasteiger partial charge in [-0.05, 0) is 36.2 Å². The number of aromatic nitrogens is 1. The van der Waals surface area contributed by atoms with Crippen LogP contribution in [-0.2, 0) is 6.42 Å². The lowest BCUT2D eigenvalue weighted by Gasteiger charge is -2.22. The number of hydrogen-bond acceptors (Lipinski definition) is 3. The van der Waals surface area contributed by atoms with Crippen molar-refractivity contribution in [3.63, 3.8) is 0 Å². The number of nitrogens with zero attached hydrogens (tertiary/aromatic N) is 1. The van der Waals surface area contributed by atoms with Gasteiger partial charge in [0, 0.05) is 6.20 Å². The molecule has 20 heavy (non-hydrogen) atoms. The first-order chi connectivity index (χ1) is 9.81. The first-order valence-corrected chi connectivity index (χ1v) is 7.11. The average molecular weight is 270 g/mol. The van der Waals surface area contributed by atoms with Crippen LogP contribution in [0.25, 0.3) is 0 Å². The summed E-state index contributed by atoms with van der Waals surface area (Å²) in [6, 6.07) is 12.4. The smallest absolute Gasteiger partial charge is 0.142 e. The fourth-order valence-electron chi connectivity index (χ4n) is 2.49. The molecule has 0 fully saturated rings. The van der Waals surface area contributed by atoms with Crippen molar-refractivity contribution in [1.29, 1.82) is 0 Å². The number of methoxy groups -OCH3 is 1. The molecule has 2 aromatic rings. The van der Waals surface area contributed by atoms with E-state index in [9.17, 15) is 0 Å². The van der Waals surface area contributed by atoms with Gasteiger partial charge in [-0.15, -0.1) is 0 Å². The Bertz CT molecular complexity index is 507. The molecule has 1 aromatic heterocycles. The van der Waals surface area contributed by atoms with Crippen molar-refractivity contribution in [1.82, 2.24) is 10.3 Å². The summed E-state index contributed by atoms with van der Waals surface area (Å²) in [5, 5.41) is 3.52. The van der Waals surface area contributed by atoms with Crippen LogP contribution in [0.4, 0.5) is 0 Å². The summed E-state index contributed by atoms with van der Waals surface area (Å²) in [5.74, 6) is 0.823. The van der Waals surface area contributed by atoms with E-state index in [4.69, 9.17) is 4.74 Å². The van der Waals surface area contributed by atoms with E-state index in [1.54, 1.807) is 7.11 Å². The van der Waals surface area contributed by atoms with Gasteiger partial charge in [-0.3, -0.25) is 4.98 Å². The lowest BCUT2D eigenvalue weighted by atomic mass is 9.95. The molecule has 2 rings (SSSR count). The van der Waals surface area contributed by atoms with Crippen molar-refractivity contribution in [2.24, 2.45) is 0 Å². The summed E-state index contributed by atoms with van der Waals surface area (Å²) in [7, 11) is 1.69. The fourth-order valence-corrected chi connectivity index (χ4v) is 2.49. The van der Waals surface area contributed by atoms with Crippen molar-refractivity contribution < 1.29 is 4.74 Å². The zero-order chi connectivity index (χ0) is 14.4. The van der Waals surface area contributed by atoms with Gasteiger partial charge in [0.15, 0.2) is 0 Å². The zero-order valence-corrected chi connectivity index (χ0v) is 12.4. The van der Waals surface area contributed by atoms with Gasteiger partial charge in [-0.2, -0.15) is 0 Å². The van der Waals surface area contributed by atoms with Crippen LogP contribution < -0.4 is 10.1 Å². The lowest BCUT2D eigenvalue weighted by molar-refractivity contribution is 0.400. The molecule has 0 aliphatic heterocycles. The van der Waals surface area contributed by atoms with E-state index in [-0.39, 0.29) is 6.04 Å². The van der Waals surface area contributed by atoms with E-state index in [0.717, 1.165) is 24.4 Å². The number of pyridine rings is 1. The van der Waals surface area contributed by atoms with Crippen LogP contribution in [0, 0.1) is 0 Å². The van der Waals surface area contributed by atoms with E-state index in [1.165, 1.54) is 11.1 Å². The van der Waals surface area contributed by atoms with Crippen LogP contribution in [0.1, 0.15) is 36.7 Å². The highest BCUT2D eigenvalue weighted by molar-refractivity contribution is 5.40. The Balaban J connectivity index is 2.50. The molecule has 3 nitrogen and oxygen atoms in total. The molecular weight excluding hydrogens is 248 g/mol. The predicted octanol–water partition coefficient (Wildman–Crippen LogP) is 3.35. The number of nitrogens with one attached hydrogen (secondary N) is 1. The summed E-state index contributed by atoms with van der Waals surface area (Å²) in [5.41, 5.74) is 3.55. The van der Waals surface area contributed by atoms with Gasteiger partial charge in [0.05, 0.1) is 13.2 Å². The Labute approximate surface area is 121 Å². The highest BCUT2D eigenvalue weighted by Gasteiger charge is 2.20. The summed E-state index contributed by atoms with van der Waals surface area (Å²) in [4.78, 5) is 4.53. The second kappa shape index (κ2) is 7.06. The van der Waals surface area contributed by atoms with Gasteiger partial charge in [0.2, 0.25) is 0 Å². The molecule has 1 aromatic carbocycles. The van der Waals surface area contributed by atoms with E-state index < -0.39 is 0 Å². The third-order valence-corrected chi connectivity index (χ3v) is 3.45. The van der Waals surface area contributed by atoms with Gasteiger partial charge in [0.25, 0.3) is 0 Å². The average Bonchev–Trinajstić information content (AvgIpc) is 2.52. The van der Waals surface area contributed by atoms with Crippen LogP contribution in [0.3, 0.4) is 0 Å². The van der Waals surface area contributed by atoms with Crippen molar-refractivity contribution in [2.75, 3.05) is 13.7 Å². The molecule has 0 amide bonds. The minimum atomic E-state index is 0.0623. The van der Waals surface area contributed by atoms with Crippen molar-refractivity contribution in [3.05, 3.63) is 59.4 Å². The van der Waals surface area contributed by atoms with E-state index in [1.807, 2.05) is 18.3 Å². The quantitative estimate of drug-likeness (QED) is 0.874. The maximum absolute atomic E-state index is 5.47. The number of rotatable bonds is 6. The molecule has 0 bridgehead atoms. The van der Waals surface area contributed by atoms with Crippen molar-refractivity contribution in [3.8, 4) is 5.75 Å². The summed E-state index contributed by atoms with van der Waals surface area (Å²) < 4.78 is 5.47. The first-order valence-electron chi connectivity index (χ1n) is 7.11. The molecule has 0 aliphatic carbocycles. The van der Waals surface area contributed by atoms with Crippen LogP contribution in [0.15, 0.2) is 42.6 Å². The summed E-state index contributed by atoms with van der Waals surface area (Å²) in [6.45, 7) is 5.16. The third-order valence-electron chi connectivity index (χ3n) is 3.45. The highest BCUT2D eigenvalue weighted by Crippen LogP contribution is 2.30. The van der Waals surface area contributed by atoms with Crippen LogP contribution in [0.5, 0.6) is 5.75 Å². The molecule has 0 saturated heterocycles. The minimum Gasteiger partial charge on any atom is -0.495 e. The molecule has 0 spiro atoms. The van der Waals surface area contributed by atoms with Crippen LogP contribution in [0.2, 0.25) is 0 Å². The van der Waals surface area contributed by atoms with Crippen LogP contribution >= 0.6 is 0 Å². The fraction of sp³-hybridized carbons (Fsp3) is 0.353. The summed E-state index contributed by atoms with van der Waals surface area (Å²) in [6.07, 6.45) is 2.82. The standard InChI is InChI=1S/C17H22N2O/c1-4-13-9-6-7-10-14(13)16(18-5-2)17-15(20-3)11-8-12-19-17/h6-12,16,18H,4-5H2,1-3H3. The molecule has 0 saturated carbocycles. The van der Waals surface area contributed by atoms with Crippen molar-refractivity contribution >= 4 is 0 Å². The molecule has 0 radical (unpaired) electrons. The van der Waals surface area contributed by atoms with Gasteiger partial charge in [-0.25, -0.2) is 0 Å². The molecule has 106 valence electrons. The van der Waals surface area contributed by atoms with E-state index in [2.05, 4.69) is 48.4 Å². The molecule has 1 heterocycles.